The molecular formula is C21H21NO6. The van der Waals surface area contributed by atoms with Crippen LogP contribution in [-0.4, -0.2) is 48.5 Å². The summed E-state index contributed by atoms with van der Waals surface area (Å²) in [6, 6.07) is 10.6. The highest BCUT2D eigenvalue weighted by Crippen LogP contribution is 2.45. The number of methoxy groups -OCH3 is 1. The van der Waals surface area contributed by atoms with Crippen LogP contribution in [0.2, 0.25) is 0 Å². The highest BCUT2D eigenvalue weighted by molar-refractivity contribution is 5.92. The Morgan fingerprint density at radius 2 is 1.82 bits per heavy atom. The predicted octanol–water partition coefficient (Wildman–Crippen LogP) is 2.71. The van der Waals surface area contributed by atoms with Crippen molar-refractivity contribution in [2.45, 2.75) is 6.54 Å². The molecule has 0 unspecified atom stereocenters. The minimum atomic E-state index is -0.422. The molecule has 1 aliphatic heterocycles. The van der Waals surface area contributed by atoms with Crippen LogP contribution in [-0.2, 0) is 11.3 Å². The molecule has 1 saturated heterocycles. The van der Waals surface area contributed by atoms with Gasteiger partial charge in [0.2, 0.25) is 5.75 Å². The predicted molar refractivity (Wildman–Crippen MR) is 104 cm³/mol. The van der Waals surface area contributed by atoms with Gasteiger partial charge in [-0.3, -0.25) is 9.69 Å². The lowest BCUT2D eigenvalue weighted by molar-refractivity contribution is 0.0339. The molecular weight excluding hydrogens is 362 g/mol. The number of phenols is 2. The largest absolute Gasteiger partial charge is 0.504 e. The SMILES string of the molecule is COc1c(O)c(CN2CCOCC2)c2oc(-c3ccccc3)cc(=O)c2c1O. The number of morpholine rings is 1. The van der Waals surface area contributed by atoms with Gasteiger partial charge in [-0.25, -0.2) is 0 Å². The maximum atomic E-state index is 12.8. The zero-order valence-electron chi connectivity index (χ0n) is 15.5. The number of benzene rings is 2. The normalized spacial score (nSPS) is 15.0. The maximum absolute atomic E-state index is 12.8. The van der Waals surface area contributed by atoms with Crippen LogP contribution < -0.4 is 10.2 Å². The van der Waals surface area contributed by atoms with E-state index in [1.165, 1.54) is 13.2 Å². The highest BCUT2D eigenvalue weighted by atomic mass is 16.5. The van der Waals surface area contributed by atoms with Crippen LogP contribution >= 0.6 is 0 Å². The van der Waals surface area contributed by atoms with E-state index in [4.69, 9.17) is 13.9 Å². The van der Waals surface area contributed by atoms with Gasteiger partial charge >= 0.3 is 0 Å². The molecule has 7 heteroatoms. The Balaban J connectivity index is 1.96. The third-order valence-electron chi connectivity index (χ3n) is 4.92. The Morgan fingerprint density at radius 1 is 1.11 bits per heavy atom. The van der Waals surface area contributed by atoms with Crippen molar-refractivity contribution in [3.05, 3.63) is 52.2 Å². The van der Waals surface area contributed by atoms with Crippen molar-refractivity contribution in [1.82, 2.24) is 4.90 Å². The molecule has 0 atom stereocenters. The molecule has 2 heterocycles. The number of rotatable bonds is 4. The number of hydrogen-bond acceptors (Lipinski definition) is 7. The summed E-state index contributed by atoms with van der Waals surface area (Å²) in [4.78, 5) is 14.9. The second-order valence-corrected chi connectivity index (χ2v) is 6.64. The summed E-state index contributed by atoms with van der Waals surface area (Å²) in [6.45, 7) is 2.89. The lowest BCUT2D eigenvalue weighted by Gasteiger charge is -2.27. The van der Waals surface area contributed by atoms with Crippen molar-refractivity contribution >= 4 is 11.0 Å². The molecule has 1 fully saturated rings. The Kier molecular flexibility index (Phi) is 4.93. The average Bonchev–Trinajstić information content (AvgIpc) is 2.72. The molecule has 0 saturated carbocycles. The molecule has 146 valence electrons. The van der Waals surface area contributed by atoms with Crippen molar-refractivity contribution in [2.75, 3.05) is 33.4 Å². The van der Waals surface area contributed by atoms with E-state index in [1.807, 2.05) is 30.3 Å². The number of phenolic OH excluding ortho intramolecular Hbond substituents is 2. The molecule has 2 N–H and O–H groups in total. The van der Waals surface area contributed by atoms with Crippen LogP contribution in [0, 0.1) is 0 Å². The molecule has 0 radical (unpaired) electrons. The average molecular weight is 383 g/mol. The van der Waals surface area contributed by atoms with Crippen molar-refractivity contribution in [2.24, 2.45) is 0 Å². The van der Waals surface area contributed by atoms with Gasteiger partial charge in [-0.1, -0.05) is 30.3 Å². The molecule has 7 nitrogen and oxygen atoms in total. The van der Waals surface area contributed by atoms with Gasteiger partial charge in [-0.2, -0.15) is 0 Å². The van der Waals surface area contributed by atoms with E-state index in [0.717, 1.165) is 5.56 Å². The lowest BCUT2D eigenvalue weighted by atomic mass is 10.0. The van der Waals surface area contributed by atoms with E-state index < -0.39 is 11.2 Å². The smallest absolute Gasteiger partial charge is 0.204 e. The molecule has 0 amide bonds. The third kappa shape index (κ3) is 3.19. The van der Waals surface area contributed by atoms with Gasteiger partial charge in [0, 0.05) is 31.3 Å². The zero-order valence-corrected chi connectivity index (χ0v) is 15.5. The summed E-state index contributed by atoms with van der Waals surface area (Å²) in [5.74, 6) is -0.415. The third-order valence-corrected chi connectivity index (χ3v) is 4.92. The number of fused-ring (bicyclic) bond motifs is 1. The summed E-state index contributed by atoms with van der Waals surface area (Å²) in [6.07, 6.45) is 0. The van der Waals surface area contributed by atoms with Gasteiger partial charge < -0.3 is 24.1 Å². The fraction of sp³-hybridized carbons (Fsp3) is 0.286. The van der Waals surface area contributed by atoms with E-state index in [1.54, 1.807) is 0 Å². The van der Waals surface area contributed by atoms with Crippen LogP contribution in [0.25, 0.3) is 22.3 Å². The Morgan fingerprint density at radius 3 is 2.50 bits per heavy atom. The minimum absolute atomic E-state index is 0.00223. The molecule has 0 bridgehead atoms. The van der Waals surface area contributed by atoms with Crippen molar-refractivity contribution in [1.29, 1.82) is 0 Å². The summed E-state index contributed by atoms with van der Waals surface area (Å²) in [5, 5.41) is 21.3. The number of ether oxygens (including phenoxy) is 2. The molecule has 0 spiro atoms. The van der Waals surface area contributed by atoms with E-state index in [0.29, 0.717) is 44.2 Å². The lowest BCUT2D eigenvalue weighted by Crippen LogP contribution is -2.35. The van der Waals surface area contributed by atoms with E-state index >= 15 is 0 Å². The second kappa shape index (κ2) is 7.53. The second-order valence-electron chi connectivity index (χ2n) is 6.64. The van der Waals surface area contributed by atoms with Crippen molar-refractivity contribution in [3.8, 4) is 28.6 Å². The topological polar surface area (TPSA) is 92.4 Å². The first-order valence-electron chi connectivity index (χ1n) is 9.04. The van der Waals surface area contributed by atoms with E-state index in [9.17, 15) is 15.0 Å². The monoisotopic (exact) mass is 383 g/mol. The Bertz CT molecular complexity index is 1050. The van der Waals surface area contributed by atoms with Crippen molar-refractivity contribution < 1.29 is 24.1 Å². The first kappa shape index (κ1) is 18.3. The number of hydrogen-bond donors (Lipinski definition) is 2. The summed E-state index contributed by atoms with van der Waals surface area (Å²) >= 11 is 0. The van der Waals surface area contributed by atoms with Gasteiger partial charge in [0.1, 0.15) is 11.1 Å². The van der Waals surface area contributed by atoms with E-state index in [2.05, 4.69) is 4.90 Å². The highest BCUT2D eigenvalue weighted by Gasteiger charge is 2.26. The quantitative estimate of drug-likeness (QED) is 0.716. The molecule has 1 aliphatic rings. The van der Waals surface area contributed by atoms with Gasteiger partial charge in [-0.15, -0.1) is 0 Å². The molecule has 3 aromatic rings. The number of aromatic hydroxyl groups is 2. The van der Waals surface area contributed by atoms with E-state index in [-0.39, 0.29) is 22.5 Å². The fourth-order valence-electron chi connectivity index (χ4n) is 3.47. The van der Waals surface area contributed by atoms with Gasteiger partial charge in [-0.05, 0) is 0 Å². The molecule has 1 aromatic heterocycles. The van der Waals surface area contributed by atoms with Crippen LogP contribution in [0.3, 0.4) is 0 Å². The molecule has 0 aliphatic carbocycles. The molecule has 2 aromatic carbocycles. The van der Waals surface area contributed by atoms with Gasteiger partial charge in [0.05, 0.1) is 25.9 Å². The zero-order chi connectivity index (χ0) is 19.7. The van der Waals surface area contributed by atoms with Crippen LogP contribution in [0.5, 0.6) is 17.2 Å². The van der Waals surface area contributed by atoms with Crippen LogP contribution in [0.4, 0.5) is 0 Å². The van der Waals surface area contributed by atoms with Crippen molar-refractivity contribution in [3.63, 3.8) is 0 Å². The summed E-state index contributed by atoms with van der Waals surface area (Å²) in [7, 11) is 1.33. The fourth-order valence-corrected chi connectivity index (χ4v) is 3.47. The molecule has 28 heavy (non-hydrogen) atoms. The maximum Gasteiger partial charge on any atom is 0.204 e. The Hall–Kier alpha value is -3.03. The van der Waals surface area contributed by atoms with Gasteiger partial charge in [0.25, 0.3) is 0 Å². The van der Waals surface area contributed by atoms with Gasteiger partial charge in [0.15, 0.2) is 22.5 Å². The first-order valence-corrected chi connectivity index (χ1v) is 9.04. The Labute approximate surface area is 161 Å². The number of nitrogens with zero attached hydrogens (tertiary/aromatic N) is 1. The van der Waals surface area contributed by atoms with Crippen LogP contribution in [0.15, 0.2) is 45.6 Å². The minimum Gasteiger partial charge on any atom is -0.504 e. The van der Waals surface area contributed by atoms with Crippen LogP contribution in [0.1, 0.15) is 5.56 Å². The first-order chi connectivity index (χ1) is 13.6. The summed E-state index contributed by atoms with van der Waals surface area (Å²) in [5.41, 5.74) is 0.892. The molecule has 4 rings (SSSR count). The standard InChI is InChI=1S/C21H21NO6/c1-26-21-18(24)14(12-22-7-9-27-10-8-22)20-17(19(21)25)15(23)11-16(28-20)13-5-3-2-4-6-13/h2-6,11,24-25H,7-10,12H2,1H3. The summed E-state index contributed by atoms with van der Waals surface area (Å²) < 4.78 is 16.6.